The molecular weight excluding hydrogens is 342 g/mol. The van der Waals surface area contributed by atoms with Crippen LogP contribution in [0.4, 0.5) is 11.5 Å². The molecule has 0 spiro atoms. The SMILES string of the molecule is CC(=O)c1ccc(Nc2nc(C)nc3sc(-c4ccccc4)cc23)cc1. The quantitative estimate of drug-likeness (QED) is 0.481. The van der Waals surface area contributed by atoms with E-state index < -0.39 is 0 Å². The summed E-state index contributed by atoms with van der Waals surface area (Å²) in [4.78, 5) is 22.7. The second-order valence-electron chi connectivity index (χ2n) is 6.07. The van der Waals surface area contributed by atoms with Crippen molar-refractivity contribution in [2.24, 2.45) is 0 Å². The van der Waals surface area contributed by atoms with Crippen molar-refractivity contribution in [3.8, 4) is 10.4 Å². The minimum absolute atomic E-state index is 0.0576. The predicted octanol–water partition coefficient (Wildman–Crippen LogP) is 5.61. The smallest absolute Gasteiger partial charge is 0.159 e. The van der Waals surface area contributed by atoms with Crippen molar-refractivity contribution in [2.45, 2.75) is 13.8 Å². The van der Waals surface area contributed by atoms with E-state index >= 15 is 0 Å². The van der Waals surface area contributed by atoms with Crippen LogP contribution in [-0.2, 0) is 0 Å². The van der Waals surface area contributed by atoms with Gasteiger partial charge in [0.05, 0.1) is 5.39 Å². The number of ketones is 1. The maximum Gasteiger partial charge on any atom is 0.159 e. The molecule has 0 aliphatic carbocycles. The molecule has 4 aromatic rings. The van der Waals surface area contributed by atoms with E-state index in [9.17, 15) is 4.79 Å². The predicted molar refractivity (Wildman–Crippen MR) is 107 cm³/mol. The van der Waals surface area contributed by atoms with Gasteiger partial charge in [-0.25, -0.2) is 9.97 Å². The number of hydrogen-bond acceptors (Lipinski definition) is 5. The monoisotopic (exact) mass is 359 g/mol. The normalized spacial score (nSPS) is 10.8. The van der Waals surface area contributed by atoms with Crippen LogP contribution in [0.5, 0.6) is 0 Å². The van der Waals surface area contributed by atoms with Crippen molar-refractivity contribution in [1.29, 1.82) is 0 Å². The van der Waals surface area contributed by atoms with Crippen LogP contribution in [0.1, 0.15) is 23.1 Å². The van der Waals surface area contributed by atoms with Crippen LogP contribution in [0.2, 0.25) is 0 Å². The Labute approximate surface area is 155 Å². The summed E-state index contributed by atoms with van der Waals surface area (Å²) in [7, 11) is 0. The fourth-order valence-corrected chi connectivity index (χ4v) is 3.88. The van der Waals surface area contributed by atoms with E-state index in [4.69, 9.17) is 0 Å². The number of anilines is 2. The van der Waals surface area contributed by atoms with Crippen LogP contribution >= 0.6 is 11.3 Å². The Balaban J connectivity index is 1.74. The zero-order valence-corrected chi connectivity index (χ0v) is 15.3. The number of aromatic nitrogens is 2. The molecule has 0 fully saturated rings. The molecule has 5 heteroatoms. The molecule has 2 heterocycles. The highest BCUT2D eigenvalue weighted by atomic mass is 32.1. The van der Waals surface area contributed by atoms with Crippen LogP contribution in [0, 0.1) is 6.92 Å². The number of fused-ring (bicyclic) bond motifs is 1. The van der Waals surface area contributed by atoms with Crippen LogP contribution in [0.3, 0.4) is 0 Å². The Morgan fingerprint density at radius 2 is 1.73 bits per heavy atom. The lowest BCUT2D eigenvalue weighted by molar-refractivity contribution is 0.101. The van der Waals surface area contributed by atoms with Crippen molar-refractivity contribution >= 4 is 38.8 Å². The maximum absolute atomic E-state index is 11.4. The molecule has 0 saturated heterocycles. The average Bonchev–Trinajstić information content (AvgIpc) is 3.07. The summed E-state index contributed by atoms with van der Waals surface area (Å²) >= 11 is 1.66. The molecule has 0 aliphatic heterocycles. The number of benzene rings is 2. The number of nitrogens with zero attached hydrogens (tertiary/aromatic N) is 2. The third-order valence-electron chi connectivity index (χ3n) is 4.12. The topological polar surface area (TPSA) is 54.9 Å². The Morgan fingerprint density at radius 3 is 2.42 bits per heavy atom. The number of Topliss-reactive ketones (excluding diaryl/α,β-unsaturated/α-hetero) is 1. The summed E-state index contributed by atoms with van der Waals surface area (Å²) in [6.07, 6.45) is 0. The van der Waals surface area contributed by atoms with E-state index in [2.05, 4.69) is 33.5 Å². The van der Waals surface area contributed by atoms with Gasteiger partial charge < -0.3 is 5.32 Å². The standard InChI is InChI=1S/C21H17N3OS/c1-13(25)15-8-10-17(11-9-15)24-20-18-12-19(16-6-4-3-5-7-16)26-21(18)23-14(2)22-20/h3-12H,1-2H3,(H,22,23,24). The van der Waals surface area contributed by atoms with Crippen LogP contribution in [-0.4, -0.2) is 15.8 Å². The first-order valence-corrected chi connectivity index (χ1v) is 9.13. The minimum Gasteiger partial charge on any atom is -0.340 e. The lowest BCUT2D eigenvalue weighted by Crippen LogP contribution is -1.98. The van der Waals surface area contributed by atoms with E-state index in [-0.39, 0.29) is 5.78 Å². The van der Waals surface area contributed by atoms with Gasteiger partial charge in [0.2, 0.25) is 0 Å². The summed E-state index contributed by atoms with van der Waals surface area (Å²) in [5.41, 5.74) is 2.76. The summed E-state index contributed by atoms with van der Waals surface area (Å²) in [5, 5.41) is 4.36. The van der Waals surface area contributed by atoms with E-state index in [1.54, 1.807) is 18.3 Å². The fraction of sp³-hybridized carbons (Fsp3) is 0.0952. The van der Waals surface area contributed by atoms with Crippen molar-refractivity contribution in [3.63, 3.8) is 0 Å². The van der Waals surface area contributed by atoms with E-state index in [0.717, 1.165) is 32.4 Å². The number of thiophene rings is 1. The van der Waals surface area contributed by atoms with Gasteiger partial charge in [-0.15, -0.1) is 11.3 Å². The summed E-state index contributed by atoms with van der Waals surface area (Å²) in [5.74, 6) is 1.56. The molecule has 0 atom stereocenters. The number of carbonyl (C=O) groups excluding carboxylic acids is 1. The number of rotatable bonds is 4. The highest BCUT2D eigenvalue weighted by molar-refractivity contribution is 7.21. The van der Waals surface area contributed by atoms with Gasteiger partial charge in [-0.2, -0.15) is 0 Å². The number of carbonyl (C=O) groups is 1. The van der Waals surface area contributed by atoms with Gasteiger partial charge in [0.25, 0.3) is 0 Å². The van der Waals surface area contributed by atoms with Gasteiger partial charge in [0.1, 0.15) is 16.5 Å². The van der Waals surface area contributed by atoms with E-state index in [1.807, 2.05) is 49.4 Å². The molecule has 0 saturated carbocycles. The fourth-order valence-electron chi connectivity index (χ4n) is 2.79. The third kappa shape index (κ3) is 3.21. The summed E-state index contributed by atoms with van der Waals surface area (Å²) in [6, 6.07) is 19.8. The first-order valence-electron chi connectivity index (χ1n) is 8.32. The summed E-state index contributed by atoms with van der Waals surface area (Å²) < 4.78 is 0. The molecule has 4 nitrogen and oxygen atoms in total. The molecule has 1 N–H and O–H groups in total. The molecule has 128 valence electrons. The van der Waals surface area contributed by atoms with Gasteiger partial charge >= 0.3 is 0 Å². The first kappa shape index (κ1) is 16.4. The van der Waals surface area contributed by atoms with E-state index in [0.29, 0.717) is 5.56 Å². The van der Waals surface area contributed by atoms with Crippen LogP contribution in [0.15, 0.2) is 60.7 Å². The van der Waals surface area contributed by atoms with Gasteiger partial charge in [0, 0.05) is 16.1 Å². The molecule has 26 heavy (non-hydrogen) atoms. The molecule has 0 bridgehead atoms. The van der Waals surface area contributed by atoms with Crippen molar-refractivity contribution in [3.05, 3.63) is 72.1 Å². The van der Waals surface area contributed by atoms with Gasteiger partial charge in [-0.1, -0.05) is 30.3 Å². The number of nitrogens with one attached hydrogen (secondary N) is 1. The molecule has 2 aromatic carbocycles. The van der Waals surface area contributed by atoms with Crippen LogP contribution in [0.25, 0.3) is 20.7 Å². The Bertz CT molecular complexity index is 1090. The third-order valence-corrected chi connectivity index (χ3v) is 5.20. The Kier molecular flexibility index (Phi) is 4.22. The van der Waals surface area contributed by atoms with E-state index in [1.165, 1.54) is 5.56 Å². The molecule has 4 rings (SSSR count). The Morgan fingerprint density at radius 1 is 1.00 bits per heavy atom. The maximum atomic E-state index is 11.4. The van der Waals surface area contributed by atoms with Crippen molar-refractivity contribution < 1.29 is 4.79 Å². The first-order chi connectivity index (χ1) is 12.6. The Hall–Kier alpha value is -3.05. The van der Waals surface area contributed by atoms with Gasteiger partial charge in [0.15, 0.2) is 5.78 Å². The largest absolute Gasteiger partial charge is 0.340 e. The zero-order valence-electron chi connectivity index (χ0n) is 14.5. The number of aryl methyl sites for hydroxylation is 1. The number of hydrogen-bond donors (Lipinski definition) is 1. The highest BCUT2D eigenvalue weighted by Crippen LogP contribution is 2.36. The summed E-state index contributed by atoms with van der Waals surface area (Å²) in [6.45, 7) is 3.46. The highest BCUT2D eigenvalue weighted by Gasteiger charge is 2.12. The molecule has 0 aliphatic rings. The van der Waals surface area contributed by atoms with Crippen molar-refractivity contribution in [1.82, 2.24) is 9.97 Å². The average molecular weight is 359 g/mol. The second-order valence-corrected chi connectivity index (χ2v) is 7.10. The van der Waals surface area contributed by atoms with Crippen LogP contribution < -0.4 is 5.32 Å². The molecular formula is C21H17N3OS. The molecule has 0 amide bonds. The van der Waals surface area contributed by atoms with Crippen molar-refractivity contribution in [2.75, 3.05) is 5.32 Å². The lowest BCUT2D eigenvalue weighted by Gasteiger charge is -2.08. The van der Waals surface area contributed by atoms with Gasteiger partial charge in [-0.3, -0.25) is 4.79 Å². The molecule has 2 aromatic heterocycles. The second kappa shape index (κ2) is 6.69. The molecule has 0 radical (unpaired) electrons. The lowest BCUT2D eigenvalue weighted by atomic mass is 10.1. The minimum atomic E-state index is 0.0576. The van der Waals surface area contributed by atoms with Gasteiger partial charge in [-0.05, 0) is 49.7 Å². The molecule has 0 unspecified atom stereocenters. The zero-order chi connectivity index (χ0) is 18.1.